The van der Waals surface area contributed by atoms with Crippen LogP contribution in [-0.2, 0) is 19.0 Å². The number of ether oxygens (including phenoxy) is 1. The van der Waals surface area contributed by atoms with Crippen LogP contribution in [0.3, 0.4) is 0 Å². The quantitative estimate of drug-likeness (QED) is 0.561. The fourth-order valence-corrected chi connectivity index (χ4v) is 3.05. The molecule has 7 nitrogen and oxygen atoms in total. The highest BCUT2D eigenvalue weighted by Crippen LogP contribution is 2.17. The summed E-state index contributed by atoms with van der Waals surface area (Å²) >= 11 is 0. The topological polar surface area (TPSA) is 87.5 Å². The number of esters is 1. The molecule has 0 radical (unpaired) electrons. The van der Waals surface area contributed by atoms with E-state index in [-0.39, 0.29) is 23.8 Å². The Morgan fingerprint density at radius 1 is 1.25 bits per heavy atom. The third kappa shape index (κ3) is 4.21. The van der Waals surface area contributed by atoms with Gasteiger partial charge in [0.1, 0.15) is 5.69 Å². The highest BCUT2D eigenvalue weighted by molar-refractivity contribution is 7.86. The number of carbonyl (C=O) groups is 1. The number of hydrogen-bond acceptors (Lipinski definition) is 6. The Bertz CT molecular complexity index is 796. The summed E-state index contributed by atoms with van der Waals surface area (Å²) in [5.41, 5.74) is 1.21. The average Bonchev–Trinajstić information content (AvgIpc) is 3.03. The lowest BCUT2D eigenvalue weighted by Gasteiger charge is -2.15. The molecule has 0 saturated carbocycles. The fraction of sp³-hybridized carbons (Fsp3) is 0.375. The molecule has 1 aromatic carbocycles. The van der Waals surface area contributed by atoms with E-state index in [9.17, 15) is 13.2 Å². The maximum atomic E-state index is 12.2. The number of benzene rings is 1. The first-order valence-electron chi connectivity index (χ1n) is 7.52. The number of nitrogens with zero attached hydrogens (tertiary/aromatic N) is 2. The Kier molecular flexibility index (Phi) is 5.74. The molecule has 0 amide bonds. The fourth-order valence-electron chi connectivity index (χ4n) is 2.06. The summed E-state index contributed by atoms with van der Waals surface area (Å²) in [6, 6.07) is 7.45. The summed E-state index contributed by atoms with van der Waals surface area (Å²) in [5.74, 6) is -0.511. The molecule has 8 heteroatoms. The number of carbonyl (C=O) groups excluding carboxylic acids is 1. The molecule has 0 bridgehead atoms. The minimum atomic E-state index is -3.86. The zero-order valence-corrected chi connectivity index (χ0v) is 14.6. The second-order valence-corrected chi connectivity index (χ2v) is 6.90. The van der Waals surface area contributed by atoms with Crippen molar-refractivity contribution in [2.45, 2.75) is 31.7 Å². The van der Waals surface area contributed by atoms with E-state index >= 15 is 0 Å². The number of aromatic nitrogens is 2. The van der Waals surface area contributed by atoms with Crippen LogP contribution in [-0.4, -0.2) is 37.4 Å². The van der Waals surface area contributed by atoms with Gasteiger partial charge in [0.2, 0.25) is 0 Å². The maximum Gasteiger partial charge on any atom is 0.356 e. The standard InChI is InChI=1S/C16H20N2O5S/c1-4-22-16(19)15-9-10-17-18(15)13(3)11-23-24(20,21)14-7-5-12(2)6-8-14/h5-10,13H,4,11H2,1-3H3. The summed E-state index contributed by atoms with van der Waals surface area (Å²) in [7, 11) is -3.86. The molecule has 0 aliphatic rings. The lowest BCUT2D eigenvalue weighted by atomic mass is 10.2. The van der Waals surface area contributed by atoms with E-state index in [0.29, 0.717) is 0 Å². The van der Waals surface area contributed by atoms with Crippen LogP contribution in [0.25, 0.3) is 0 Å². The van der Waals surface area contributed by atoms with Gasteiger partial charge in [-0.3, -0.25) is 8.86 Å². The molecular formula is C16H20N2O5S. The molecule has 130 valence electrons. The Balaban J connectivity index is 2.08. The van der Waals surface area contributed by atoms with Crippen LogP contribution in [0.2, 0.25) is 0 Å². The Hall–Kier alpha value is -2.19. The van der Waals surface area contributed by atoms with Gasteiger partial charge in [-0.1, -0.05) is 17.7 Å². The molecule has 0 N–H and O–H groups in total. The van der Waals surface area contributed by atoms with Gasteiger partial charge in [0, 0.05) is 6.20 Å². The number of aryl methyl sites for hydroxylation is 1. The van der Waals surface area contributed by atoms with Crippen molar-refractivity contribution in [3.63, 3.8) is 0 Å². The molecule has 0 aliphatic heterocycles. The summed E-state index contributed by atoms with van der Waals surface area (Å²) < 4.78 is 35.8. The van der Waals surface area contributed by atoms with Crippen LogP contribution in [0.5, 0.6) is 0 Å². The van der Waals surface area contributed by atoms with Crippen LogP contribution in [0.15, 0.2) is 41.4 Å². The molecule has 1 atom stereocenters. The summed E-state index contributed by atoms with van der Waals surface area (Å²) in [6.07, 6.45) is 1.46. The Labute approximate surface area is 141 Å². The first-order chi connectivity index (χ1) is 11.3. The van der Waals surface area contributed by atoms with E-state index in [0.717, 1.165) is 5.56 Å². The zero-order chi connectivity index (χ0) is 17.7. The van der Waals surface area contributed by atoms with Gasteiger partial charge in [-0.25, -0.2) is 4.79 Å². The largest absolute Gasteiger partial charge is 0.461 e. The molecular weight excluding hydrogens is 332 g/mol. The molecule has 1 unspecified atom stereocenters. The second-order valence-electron chi connectivity index (χ2n) is 5.28. The Morgan fingerprint density at radius 2 is 1.92 bits per heavy atom. The van der Waals surface area contributed by atoms with E-state index in [1.807, 2.05) is 6.92 Å². The van der Waals surface area contributed by atoms with E-state index in [2.05, 4.69) is 5.10 Å². The molecule has 2 rings (SSSR count). The van der Waals surface area contributed by atoms with Gasteiger partial charge in [-0.2, -0.15) is 13.5 Å². The van der Waals surface area contributed by atoms with Gasteiger partial charge in [0.05, 0.1) is 24.2 Å². The Morgan fingerprint density at radius 3 is 2.54 bits per heavy atom. The van der Waals surface area contributed by atoms with Gasteiger partial charge in [-0.05, 0) is 39.0 Å². The molecule has 24 heavy (non-hydrogen) atoms. The van der Waals surface area contributed by atoms with Crippen molar-refractivity contribution in [1.82, 2.24) is 9.78 Å². The monoisotopic (exact) mass is 352 g/mol. The summed E-state index contributed by atoms with van der Waals surface area (Å²) in [4.78, 5) is 11.9. The van der Waals surface area contributed by atoms with E-state index < -0.39 is 22.1 Å². The summed E-state index contributed by atoms with van der Waals surface area (Å²) in [5, 5.41) is 4.05. The van der Waals surface area contributed by atoms with Crippen LogP contribution >= 0.6 is 0 Å². The van der Waals surface area contributed by atoms with E-state index in [4.69, 9.17) is 8.92 Å². The van der Waals surface area contributed by atoms with Crippen molar-refractivity contribution in [2.75, 3.05) is 13.2 Å². The van der Waals surface area contributed by atoms with E-state index in [1.54, 1.807) is 26.0 Å². The van der Waals surface area contributed by atoms with E-state index in [1.165, 1.54) is 29.1 Å². The molecule has 1 aromatic heterocycles. The molecule has 2 aromatic rings. The molecule has 0 spiro atoms. The first kappa shape index (κ1) is 18.2. The smallest absolute Gasteiger partial charge is 0.356 e. The van der Waals surface area contributed by atoms with Gasteiger partial charge in [0.25, 0.3) is 10.1 Å². The molecule has 1 heterocycles. The molecule has 0 saturated heterocycles. The molecule has 0 fully saturated rings. The lowest BCUT2D eigenvalue weighted by molar-refractivity contribution is 0.0507. The van der Waals surface area contributed by atoms with Crippen molar-refractivity contribution in [2.24, 2.45) is 0 Å². The number of rotatable bonds is 7. The normalized spacial score (nSPS) is 12.8. The number of hydrogen-bond donors (Lipinski definition) is 0. The SMILES string of the molecule is CCOC(=O)c1ccnn1C(C)COS(=O)(=O)c1ccc(C)cc1. The van der Waals surface area contributed by atoms with Crippen molar-refractivity contribution in [1.29, 1.82) is 0 Å². The lowest BCUT2D eigenvalue weighted by Crippen LogP contribution is -2.21. The van der Waals surface area contributed by atoms with Crippen molar-refractivity contribution < 1.29 is 22.1 Å². The van der Waals surface area contributed by atoms with Crippen molar-refractivity contribution in [3.8, 4) is 0 Å². The van der Waals surface area contributed by atoms with Gasteiger partial charge < -0.3 is 4.74 Å². The minimum absolute atomic E-state index is 0.0892. The first-order valence-corrected chi connectivity index (χ1v) is 8.92. The highest BCUT2D eigenvalue weighted by atomic mass is 32.2. The third-order valence-electron chi connectivity index (χ3n) is 3.35. The predicted molar refractivity (Wildman–Crippen MR) is 87.2 cm³/mol. The van der Waals surface area contributed by atoms with Crippen molar-refractivity contribution >= 4 is 16.1 Å². The summed E-state index contributed by atoms with van der Waals surface area (Å²) in [6.45, 7) is 5.38. The van der Waals surface area contributed by atoms with Gasteiger partial charge in [-0.15, -0.1) is 0 Å². The van der Waals surface area contributed by atoms with Crippen LogP contribution < -0.4 is 0 Å². The maximum absolute atomic E-state index is 12.2. The van der Waals surface area contributed by atoms with Crippen LogP contribution in [0.4, 0.5) is 0 Å². The molecule has 0 aliphatic carbocycles. The van der Waals surface area contributed by atoms with Crippen LogP contribution in [0, 0.1) is 6.92 Å². The average molecular weight is 352 g/mol. The van der Waals surface area contributed by atoms with Gasteiger partial charge >= 0.3 is 5.97 Å². The van der Waals surface area contributed by atoms with Gasteiger partial charge in [0.15, 0.2) is 0 Å². The van der Waals surface area contributed by atoms with Crippen molar-refractivity contribution in [3.05, 3.63) is 47.8 Å². The second kappa shape index (κ2) is 7.59. The highest BCUT2D eigenvalue weighted by Gasteiger charge is 2.21. The predicted octanol–water partition coefficient (Wildman–Crippen LogP) is 2.33. The third-order valence-corrected chi connectivity index (χ3v) is 4.64. The minimum Gasteiger partial charge on any atom is -0.461 e. The zero-order valence-electron chi connectivity index (χ0n) is 13.8. The van der Waals surface area contributed by atoms with Crippen LogP contribution in [0.1, 0.15) is 35.9 Å².